The van der Waals surface area contributed by atoms with Crippen LogP contribution in [0.3, 0.4) is 0 Å². The standard InChI is InChI=1S/C16H12Cl4N2O/c1-2-15(11-5-4-10(17)8-13(11)19)21-22-16(23)9-3-6-12(18)14(20)7-9/h3-8H,2H2,1H3,(H,22,23). The number of nitrogens with one attached hydrogen (secondary N) is 1. The van der Waals surface area contributed by atoms with Gasteiger partial charge in [0.05, 0.1) is 20.8 Å². The molecule has 1 amide bonds. The van der Waals surface area contributed by atoms with E-state index in [-0.39, 0.29) is 5.91 Å². The zero-order chi connectivity index (χ0) is 17.0. The minimum absolute atomic E-state index is 0.305. The molecule has 2 aromatic rings. The highest BCUT2D eigenvalue weighted by atomic mass is 35.5. The minimum Gasteiger partial charge on any atom is -0.267 e. The summed E-state index contributed by atoms with van der Waals surface area (Å²) < 4.78 is 0. The second-order valence-electron chi connectivity index (χ2n) is 4.61. The fourth-order valence-corrected chi connectivity index (χ4v) is 2.69. The predicted octanol–water partition coefficient (Wildman–Crippen LogP) is 5.84. The number of amides is 1. The monoisotopic (exact) mass is 388 g/mol. The zero-order valence-corrected chi connectivity index (χ0v) is 15.1. The Kier molecular flexibility index (Phi) is 6.31. The second-order valence-corrected chi connectivity index (χ2v) is 6.26. The van der Waals surface area contributed by atoms with Crippen molar-refractivity contribution in [3.05, 3.63) is 67.6 Å². The predicted molar refractivity (Wildman–Crippen MR) is 97.2 cm³/mol. The molecule has 2 aromatic carbocycles. The topological polar surface area (TPSA) is 41.5 Å². The third-order valence-electron chi connectivity index (χ3n) is 3.05. The zero-order valence-electron chi connectivity index (χ0n) is 12.0. The molecule has 0 saturated carbocycles. The molecule has 0 fully saturated rings. The summed E-state index contributed by atoms with van der Waals surface area (Å²) in [6.45, 7) is 1.91. The molecule has 0 spiro atoms. The number of benzene rings is 2. The van der Waals surface area contributed by atoms with Crippen LogP contribution in [0.15, 0.2) is 41.5 Å². The summed E-state index contributed by atoms with van der Waals surface area (Å²) in [6.07, 6.45) is 0.586. The Hall–Kier alpha value is -1.26. The Balaban J connectivity index is 2.21. The van der Waals surface area contributed by atoms with Crippen LogP contribution in [0, 0.1) is 0 Å². The van der Waals surface area contributed by atoms with Crippen LogP contribution in [0.4, 0.5) is 0 Å². The van der Waals surface area contributed by atoms with Crippen molar-refractivity contribution in [3.8, 4) is 0 Å². The molecule has 120 valence electrons. The third kappa shape index (κ3) is 4.61. The molecule has 2 rings (SSSR count). The van der Waals surface area contributed by atoms with E-state index in [0.29, 0.717) is 43.3 Å². The molecule has 0 saturated heterocycles. The van der Waals surface area contributed by atoms with Gasteiger partial charge in [0.15, 0.2) is 0 Å². The van der Waals surface area contributed by atoms with Crippen LogP contribution in [0.2, 0.25) is 20.1 Å². The highest BCUT2D eigenvalue weighted by Crippen LogP contribution is 2.23. The van der Waals surface area contributed by atoms with E-state index in [1.165, 1.54) is 6.07 Å². The average molecular weight is 390 g/mol. The molecule has 3 nitrogen and oxygen atoms in total. The lowest BCUT2D eigenvalue weighted by atomic mass is 10.1. The molecule has 0 unspecified atom stereocenters. The van der Waals surface area contributed by atoms with Crippen LogP contribution in [0.5, 0.6) is 0 Å². The quantitative estimate of drug-likeness (QED) is 0.517. The summed E-state index contributed by atoms with van der Waals surface area (Å²) in [5, 5.41) is 5.84. The number of carbonyl (C=O) groups is 1. The van der Waals surface area contributed by atoms with E-state index in [1.54, 1.807) is 30.3 Å². The van der Waals surface area contributed by atoms with Gasteiger partial charge in [0.25, 0.3) is 5.91 Å². The second kappa shape index (κ2) is 8.02. The van der Waals surface area contributed by atoms with E-state index in [9.17, 15) is 4.79 Å². The maximum absolute atomic E-state index is 12.1. The maximum atomic E-state index is 12.1. The van der Waals surface area contributed by atoms with Gasteiger partial charge in [-0.15, -0.1) is 0 Å². The summed E-state index contributed by atoms with van der Waals surface area (Å²) in [6, 6.07) is 9.71. The van der Waals surface area contributed by atoms with Gasteiger partial charge in [-0.05, 0) is 36.8 Å². The largest absolute Gasteiger partial charge is 0.271 e. The lowest BCUT2D eigenvalue weighted by Gasteiger charge is -2.08. The van der Waals surface area contributed by atoms with Gasteiger partial charge in [0.1, 0.15) is 0 Å². The fourth-order valence-electron chi connectivity index (χ4n) is 1.87. The number of carbonyl (C=O) groups excluding carboxylic acids is 1. The molecule has 0 aliphatic carbocycles. The third-order valence-corrected chi connectivity index (χ3v) is 4.34. The Morgan fingerprint density at radius 1 is 1.00 bits per heavy atom. The van der Waals surface area contributed by atoms with Gasteiger partial charge in [-0.2, -0.15) is 5.10 Å². The summed E-state index contributed by atoms with van der Waals surface area (Å²) in [5.74, 6) is -0.389. The first-order chi connectivity index (χ1) is 10.9. The van der Waals surface area contributed by atoms with Crippen LogP contribution < -0.4 is 5.43 Å². The van der Waals surface area contributed by atoms with E-state index in [4.69, 9.17) is 46.4 Å². The first-order valence-corrected chi connectivity index (χ1v) is 8.21. The summed E-state index contributed by atoms with van der Waals surface area (Å²) in [7, 11) is 0. The van der Waals surface area contributed by atoms with Gasteiger partial charge >= 0.3 is 0 Å². The van der Waals surface area contributed by atoms with Crippen LogP contribution in [0.25, 0.3) is 0 Å². The van der Waals surface area contributed by atoms with E-state index < -0.39 is 0 Å². The van der Waals surface area contributed by atoms with E-state index in [1.807, 2.05) is 6.92 Å². The van der Waals surface area contributed by atoms with Crippen LogP contribution in [-0.2, 0) is 0 Å². The molecule has 0 atom stereocenters. The molecular weight excluding hydrogens is 378 g/mol. The minimum atomic E-state index is -0.389. The maximum Gasteiger partial charge on any atom is 0.271 e. The number of nitrogens with zero attached hydrogens (tertiary/aromatic N) is 1. The Morgan fingerprint density at radius 2 is 1.74 bits per heavy atom. The van der Waals surface area contributed by atoms with Crippen LogP contribution >= 0.6 is 46.4 Å². The van der Waals surface area contributed by atoms with Gasteiger partial charge in [-0.25, -0.2) is 5.43 Å². The van der Waals surface area contributed by atoms with Crippen molar-refractivity contribution in [1.29, 1.82) is 0 Å². The van der Waals surface area contributed by atoms with Crippen LogP contribution in [0.1, 0.15) is 29.3 Å². The number of hydrazone groups is 1. The average Bonchev–Trinajstić information content (AvgIpc) is 2.52. The summed E-state index contributed by atoms with van der Waals surface area (Å²) in [5.41, 5.74) is 4.21. The Bertz CT molecular complexity index is 775. The van der Waals surface area contributed by atoms with Crippen molar-refractivity contribution in [2.45, 2.75) is 13.3 Å². The molecule has 0 aliphatic rings. The van der Waals surface area contributed by atoms with Crippen molar-refractivity contribution in [2.24, 2.45) is 5.10 Å². The fraction of sp³-hybridized carbons (Fsp3) is 0.125. The highest BCUT2D eigenvalue weighted by molar-refractivity contribution is 6.42. The first kappa shape index (κ1) is 18.1. The van der Waals surface area contributed by atoms with Gasteiger partial charge < -0.3 is 0 Å². The van der Waals surface area contributed by atoms with E-state index in [0.717, 1.165) is 0 Å². The summed E-state index contributed by atoms with van der Waals surface area (Å²) >= 11 is 23.8. The van der Waals surface area contributed by atoms with E-state index in [2.05, 4.69) is 10.5 Å². The van der Waals surface area contributed by atoms with Crippen LogP contribution in [-0.4, -0.2) is 11.6 Å². The number of hydrogen-bond acceptors (Lipinski definition) is 2. The number of rotatable bonds is 4. The van der Waals surface area contributed by atoms with Gasteiger partial charge in [-0.1, -0.05) is 59.4 Å². The Labute approximate surface area is 154 Å². The molecule has 23 heavy (non-hydrogen) atoms. The lowest BCUT2D eigenvalue weighted by molar-refractivity contribution is 0.0955. The molecular formula is C16H12Cl4N2O. The normalized spacial score (nSPS) is 11.4. The molecule has 0 radical (unpaired) electrons. The molecule has 0 aliphatic heterocycles. The molecule has 1 N–H and O–H groups in total. The van der Waals surface area contributed by atoms with Crippen molar-refractivity contribution in [2.75, 3.05) is 0 Å². The van der Waals surface area contributed by atoms with Crippen molar-refractivity contribution in [3.63, 3.8) is 0 Å². The smallest absolute Gasteiger partial charge is 0.267 e. The number of hydrogen-bond donors (Lipinski definition) is 1. The van der Waals surface area contributed by atoms with Gasteiger partial charge in [0.2, 0.25) is 0 Å². The SMILES string of the molecule is CCC(=NNC(=O)c1ccc(Cl)c(Cl)c1)c1ccc(Cl)cc1Cl. The van der Waals surface area contributed by atoms with Gasteiger partial charge in [0, 0.05) is 16.1 Å². The molecule has 0 bridgehead atoms. The molecule has 0 aromatic heterocycles. The Morgan fingerprint density at radius 3 is 2.35 bits per heavy atom. The van der Waals surface area contributed by atoms with Crippen molar-refractivity contribution >= 4 is 58.0 Å². The number of halogens is 4. The first-order valence-electron chi connectivity index (χ1n) is 6.69. The lowest BCUT2D eigenvalue weighted by Crippen LogP contribution is -2.20. The highest BCUT2D eigenvalue weighted by Gasteiger charge is 2.10. The van der Waals surface area contributed by atoms with Crippen molar-refractivity contribution in [1.82, 2.24) is 5.43 Å². The van der Waals surface area contributed by atoms with Gasteiger partial charge in [-0.3, -0.25) is 4.79 Å². The van der Waals surface area contributed by atoms with Crippen molar-refractivity contribution < 1.29 is 4.79 Å². The molecule has 0 heterocycles. The molecule has 7 heteroatoms. The summed E-state index contributed by atoms with van der Waals surface area (Å²) in [4.78, 5) is 12.1. The van der Waals surface area contributed by atoms with E-state index >= 15 is 0 Å².